The molecule has 230 valence electrons. The summed E-state index contributed by atoms with van der Waals surface area (Å²) in [6.45, 7) is 7.64. The molecule has 0 fully saturated rings. The second-order valence-electron chi connectivity index (χ2n) is 9.38. The first-order valence-electron chi connectivity index (χ1n) is 13.4. The van der Waals surface area contributed by atoms with E-state index in [2.05, 4.69) is 97.3 Å². The van der Waals surface area contributed by atoms with E-state index in [0.29, 0.717) is 79.3 Å². The molecule has 1 unspecified atom stereocenters. The Balaban J connectivity index is 5.56. The third-order valence-electron chi connectivity index (χ3n) is 5.38. The largest absolute Gasteiger partial charge is 0.381 e. The fourth-order valence-corrected chi connectivity index (χ4v) is 4.70. The molecule has 0 N–H and O–H groups in total. The first kappa shape index (κ1) is 40.6. The summed E-state index contributed by atoms with van der Waals surface area (Å²) in [6.07, 6.45) is 4.84. The molecule has 0 heterocycles. The normalized spacial score (nSPS) is 13.7. The number of halogens is 5. The van der Waals surface area contributed by atoms with Gasteiger partial charge in [0.1, 0.15) is 0 Å². The van der Waals surface area contributed by atoms with Crippen molar-refractivity contribution in [2.45, 2.75) is 39.0 Å². The molecule has 0 aliphatic rings. The summed E-state index contributed by atoms with van der Waals surface area (Å²) < 4.78 is 59.1. The summed E-state index contributed by atoms with van der Waals surface area (Å²) in [7, 11) is 0. The highest BCUT2D eigenvalue weighted by molar-refractivity contribution is 14.1. The molecule has 0 aromatic heterocycles. The van der Waals surface area contributed by atoms with E-state index in [0.717, 1.165) is 49.8 Å². The SMILES string of the molecule is CCCOCC(COCF)(COCCCI)COCC(COCCCI)(COCCCI)COCCCI. The Morgan fingerprint density at radius 3 is 1.03 bits per heavy atom. The lowest BCUT2D eigenvalue weighted by atomic mass is 9.90. The van der Waals surface area contributed by atoms with Gasteiger partial charge in [-0.1, -0.05) is 97.3 Å². The van der Waals surface area contributed by atoms with Crippen molar-refractivity contribution < 1.29 is 37.5 Å². The lowest BCUT2D eigenvalue weighted by Gasteiger charge is -2.36. The van der Waals surface area contributed by atoms with Crippen LogP contribution in [0.25, 0.3) is 0 Å². The van der Waals surface area contributed by atoms with Crippen LogP contribution in [0.15, 0.2) is 0 Å². The predicted molar refractivity (Wildman–Crippen MR) is 186 cm³/mol. The maximum atomic E-state index is 13.1. The molecule has 0 saturated heterocycles. The highest BCUT2D eigenvalue weighted by Crippen LogP contribution is 2.26. The van der Waals surface area contributed by atoms with Crippen LogP contribution in [0, 0.1) is 10.8 Å². The van der Waals surface area contributed by atoms with Gasteiger partial charge in [0, 0.05) is 50.7 Å². The number of hydrogen-bond donors (Lipinski definition) is 0. The van der Waals surface area contributed by atoms with Gasteiger partial charge < -0.3 is 33.2 Å². The summed E-state index contributed by atoms with van der Waals surface area (Å²) in [6, 6.07) is 0. The zero-order valence-corrected chi connectivity index (χ0v) is 31.6. The minimum absolute atomic E-state index is 0.162. The monoisotopic (exact) mass is 1000 g/mol. The van der Waals surface area contributed by atoms with Crippen molar-refractivity contribution in [2.75, 3.05) is 110 Å². The van der Waals surface area contributed by atoms with E-state index in [9.17, 15) is 4.39 Å². The van der Waals surface area contributed by atoms with Crippen molar-refractivity contribution in [3.8, 4) is 0 Å². The molecule has 0 saturated carbocycles. The smallest absolute Gasteiger partial charge is 0.188 e. The summed E-state index contributed by atoms with van der Waals surface area (Å²) in [5.74, 6) is 0. The maximum absolute atomic E-state index is 13.1. The van der Waals surface area contributed by atoms with Crippen LogP contribution in [-0.2, 0) is 33.2 Å². The van der Waals surface area contributed by atoms with Crippen LogP contribution < -0.4 is 0 Å². The Labute approximate surface area is 285 Å². The van der Waals surface area contributed by atoms with E-state index in [1.807, 2.05) is 0 Å². The van der Waals surface area contributed by atoms with E-state index in [-0.39, 0.29) is 6.61 Å². The van der Waals surface area contributed by atoms with Gasteiger partial charge in [-0.15, -0.1) is 0 Å². The third kappa shape index (κ3) is 22.2. The molecule has 0 radical (unpaired) electrons. The van der Waals surface area contributed by atoms with Gasteiger partial charge in [0.15, 0.2) is 6.86 Å². The molecule has 38 heavy (non-hydrogen) atoms. The van der Waals surface area contributed by atoms with Crippen LogP contribution in [0.2, 0.25) is 0 Å². The van der Waals surface area contributed by atoms with Gasteiger partial charge in [0.2, 0.25) is 0 Å². The number of hydrogen-bond acceptors (Lipinski definition) is 7. The van der Waals surface area contributed by atoms with E-state index in [4.69, 9.17) is 33.2 Å². The Bertz CT molecular complexity index is 469. The van der Waals surface area contributed by atoms with Crippen molar-refractivity contribution in [1.82, 2.24) is 0 Å². The van der Waals surface area contributed by atoms with Crippen molar-refractivity contribution in [2.24, 2.45) is 10.8 Å². The fraction of sp³-hybridized carbons (Fsp3) is 1.00. The molecule has 0 aromatic carbocycles. The molecule has 7 nitrogen and oxygen atoms in total. The van der Waals surface area contributed by atoms with Crippen LogP contribution in [0.5, 0.6) is 0 Å². The molecule has 0 aliphatic carbocycles. The second-order valence-corrected chi connectivity index (χ2v) is 13.7. The average Bonchev–Trinajstić information content (AvgIpc) is 2.93. The molecule has 12 heteroatoms. The van der Waals surface area contributed by atoms with Crippen LogP contribution in [0.1, 0.15) is 39.0 Å². The minimum Gasteiger partial charge on any atom is -0.381 e. The van der Waals surface area contributed by atoms with Gasteiger partial charge in [0.25, 0.3) is 0 Å². The topological polar surface area (TPSA) is 64.6 Å². The van der Waals surface area contributed by atoms with Crippen LogP contribution >= 0.6 is 90.4 Å². The van der Waals surface area contributed by atoms with Crippen LogP contribution in [0.3, 0.4) is 0 Å². The van der Waals surface area contributed by atoms with E-state index < -0.39 is 17.7 Å². The highest BCUT2D eigenvalue weighted by atomic mass is 127. The summed E-state index contributed by atoms with van der Waals surface area (Å²) in [4.78, 5) is 0. The molecule has 0 rings (SSSR count). The second kappa shape index (κ2) is 29.6. The van der Waals surface area contributed by atoms with Gasteiger partial charge in [-0.2, -0.15) is 0 Å². The minimum atomic E-state index is -0.854. The van der Waals surface area contributed by atoms with Crippen molar-refractivity contribution in [3.63, 3.8) is 0 Å². The Hall–Kier alpha value is 2.57. The lowest BCUT2D eigenvalue weighted by molar-refractivity contribution is -0.146. The van der Waals surface area contributed by atoms with Gasteiger partial charge in [-0.25, -0.2) is 4.39 Å². The van der Waals surface area contributed by atoms with Crippen molar-refractivity contribution >= 4 is 90.4 Å². The number of ether oxygens (including phenoxy) is 7. The Kier molecular flexibility index (Phi) is 31.6. The third-order valence-corrected chi connectivity index (χ3v) is 8.43. The molecule has 0 aliphatic heterocycles. The first-order chi connectivity index (χ1) is 18.6. The van der Waals surface area contributed by atoms with Gasteiger partial charge in [0.05, 0.1) is 63.7 Å². The van der Waals surface area contributed by atoms with Crippen molar-refractivity contribution in [1.29, 1.82) is 0 Å². The molecule has 0 bridgehead atoms. The predicted octanol–water partition coefficient (Wildman–Crippen LogP) is 6.71. The van der Waals surface area contributed by atoms with Crippen molar-refractivity contribution in [3.05, 3.63) is 0 Å². The van der Waals surface area contributed by atoms with Crippen LogP contribution in [0.4, 0.5) is 4.39 Å². The average molecular weight is 1000 g/mol. The molecular weight excluding hydrogens is 951 g/mol. The molecule has 0 amide bonds. The Morgan fingerprint density at radius 2 is 0.737 bits per heavy atom. The first-order valence-corrected chi connectivity index (χ1v) is 19.5. The lowest BCUT2D eigenvalue weighted by Crippen LogP contribution is -2.46. The van der Waals surface area contributed by atoms with E-state index >= 15 is 0 Å². The Morgan fingerprint density at radius 1 is 0.447 bits per heavy atom. The van der Waals surface area contributed by atoms with E-state index in [1.54, 1.807) is 0 Å². The van der Waals surface area contributed by atoms with Gasteiger partial charge in [-0.3, -0.25) is 0 Å². The quantitative estimate of drug-likeness (QED) is 0.0435. The number of rotatable bonds is 31. The molecule has 0 spiro atoms. The molecule has 1 atom stereocenters. The zero-order valence-electron chi connectivity index (χ0n) is 23.0. The van der Waals surface area contributed by atoms with E-state index in [1.165, 1.54) is 0 Å². The summed E-state index contributed by atoms with van der Waals surface area (Å²) in [5, 5.41) is 0. The summed E-state index contributed by atoms with van der Waals surface area (Å²) >= 11 is 9.43. The fourth-order valence-electron chi connectivity index (χ4n) is 3.45. The van der Waals surface area contributed by atoms with Gasteiger partial charge in [-0.05, 0) is 32.1 Å². The molecular formula is C26H49FI4O7. The number of alkyl halides is 5. The highest BCUT2D eigenvalue weighted by Gasteiger charge is 2.36. The maximum Gasteiger partial charge on any atom is 0.188 e. The van der Waals surface area contributed by atoms with Crippen LogP contribution in [-0.4, -0.2) is 110 Å². The molecule has 0 aromatic rings. The van der Waals surface area contributed by atoms with Gasteiger partial charge >= 0.3 is 0 Å². The summed E-state index contributed by atoms with van der Waals surface area (Å²) in [5.41, 5.74) is -1.05. The standard InChI is InChI=1S/C26H49FI4O7/c1-2-11-32-16-26(23-38-24-27,20-36-15-6-10-31)22-37-21-25(17-33-12-3-7-28,18-34-13-4-8-29)19-35-14-5-9-30/h2-24H2,1H3. The zero-order chi connectivity index (χ0) is 28.2.